The molecule has 9 heteroatoms. The molecule has 0 aliphatic rings. The largest absolute Gasteiger partial charge is 0.756 e. The molecular formula is C50H90NO7P. The van der Waals surface area contributed by atoms with E-state index in [9.17, 15) is 14.3 Å². The number of quaternary nitrogens is 1. The molecule has 0 heterocycles. The number of nitrogens with zero attached hydrogens (tertiary/aromatic N) is 1. The molecular weight excluding hydrogens is 758 g/mol. The van der Waals surface area contributed by atoms with Crippen LogP contribution >= 0.6 is 7.82 Å². The van der Waals surface area contributed by atoms with Crippen LogP contribution in [0.1, 0.15) is 181 Å². The molecule has 0 N–H and O–H groups in total. The Labute approximate surface area is 363 Å². The van der Waals surface area contributed by atoms with Crippen LogP contribution < -0.4 is 4.89 Å². The van der Waals surface area contributed by atoms with Gasteiger partial charge in [0.2, 0.25) is 0 Å². The maximum atomic E-state index is 12.7. The van der Waals surface area contributed by atoms with E-state index in [1.54, 1.807) is 0 Å². The van der Waals surface area contributed by atoms with Gasteiger partial charge in [0, 0.05) is 13.0 Å². The number of hydrogen-bond donors (Lipinski definition) is 0. The van der Waals surface area contributed by atoms with Gasteiger partial charge in [-0.3, -0.25) is 9.36 Å². The number of phosphoric acid groups is 1. The lowest BCUT2D eigenvalue weighted by atomic mass is 10.1. The van der Waals surface area contributed by atoms with Crippen LogP contribution in [-0.4, -0.2) is 70.7 Å². The van der Waals surface area contributed by atoms with Crippen molar-refractivity contribution in [2.45, 2.75) is 187 Å². The molecule has 0 aromatic heterocycles. The summed E-state index contributed by atoms with van der Waals surface area (Å²) in [5, 5.41) is 0. The number of allylic oxidation sites excluding steroid dienone is 12. The lowest BCUT2D eigenvalue weighted by Gasteiger charge is -2.28. The zero-order chi connectivity index (χ0) is 43.4. The molecule has 342 valence electrons. The Bertz CT molecular complexity index is 1170. The van der Waals surface area contributed by atoms with Gasteiger partial charge in [0.15, 0.2) is 0 Å². The number of esters is 1. The normalized spacial score (nSPS) is 14.3. The van der Waals surface area contributed by atoms with Crippen molar-refractivity contribution in [1.82, 2.24) is 0 Å². The Balaban J connectivity index is 4.21. The summed E-state index contributed by atoms with van der Waals surface area (Å²) in [4.78, 5) is 25.1. The number of unbranched alkanes of at least 4 members (excludes halogenated alkanes) is 17. The van der Waals surface area contributed by atoms with Crippen LogP contribution in [0.25, 0.3) is 0 Å². The zero-order valence-corrected chi connectivity index (χ0v) is 39.6. The third-order valence-corrected chi connectivity index (χ3v) is 10.7. The van der Waals surface area contributed by atoms with Gasteiger partial charge in [0.1, 0.15) is 19.3 Å². The molecule has 0 bridgehead atoms. The van der Waals surface area contributed by atoms with Crippen molar-refractivity contribution in [2.75, 3.05) is 54.1 Å². The molecule has 0 fully saturated rings. The van der Waals surface area contributed by atoms with Crippen LogP contribution in [0.2, 0.25) is 0 Å². The van der Waals surface area contributed by atoms with Gasteiger partial charge in [0.05, 0.1) is 34.4 Å². The van der Waals surface area contributed by atoms with E-state index in [0.29, 0.717) is 24.1 Å². The van der Waals surface area contributed by atoms with Crippen LogP contribution in [0.4, 0.5) is 0 Å². The Kier molecular flexibility index (Phi) is 41.1. The van der Waals surface area contributed by atoms with Gasteiger partial charge in [-0.1, -0.05) is 164 Å². The van der Waals surface area contributed by atoms with E-state index in [2.05, 4.69) is 86.8 Å². The van der Waals surface area contributed by atoms with Gasteiger partial charge in [0.25, 0.3) is 7.82 Å². The first kappa shape index (κ1) is 56.9. The van der Waals surface area contributed by atoms with E-state index < -0.39 is 13.9 Å². The Morgan fingerprint density at radius 1 is 0.542 bits per heavy atom. The molecule has 59 heavy (non-hydrogen) atoms. The summed E-state index contributed by atoms with van der Waals surface area (Å²) in [5.41, 5.74) is 0. The molecule has 0 aliphatic heterocycles. The predicted molar refractivity (Wildman–Crippen MR) is 249 cm³/mol. The number of ether oxygens (including phenoxy) is 2. The molecule has 0 radical (unpaired) electrons. The third-order valence-electron chi connectivity index (χ3n) is 9.74. The van der Waals surface area contributed by atoms with Gasteiger partial charge < -0.3 is 27.9 Å². The second kappa shape index (κ2) is 42.6. The van der Waals surface area contributed by atoms with Gasteiger partial charge in [-0.05, 0) is 83.5 Å². The maximum Gasteiger partial charge on any atom is 0.306 e. The van der Waals surface area contributed by atoms with E-state index in [4.69, 9.17) is 18.5 Å². The van der Waals surface area contributed by atoms with Crippen molar-refractivity contribution < 1.29 is 37.3 Å². The van der Waals surface area contributed by atoms with Crippen molar-refractivity contribution in [1.29, 1.82) is 0 Å². The lowest BCUT2D eigenvalue weighted by Crippen LogP contribution is -2.37. The highest BCUT2D eigenvalue weighted by atomic mass is 31.2. The molecule has 2 atom stereocenters. The average molecular weight is 848 g/mol. The Morgan fingerprint density at radius 3 is 1.47 bits per heavy atom. The minimum Gasteiger partial charge on any atom is -0.756 e. The number of phosphoric ester groups is 1. The van der Waals surface area contributed by atoms with Crippen LogP contribution in [0.15, 0.2) is 72.9 Å². The van der Waals surface area contributed by atoms with Crippen molar-refractivity contribution in [3.05, 3.63) is 72.9 Å². The van der Waals surface area contributed by atoms with Crippen molar-refractivity contribution in [2.24, 2.45) is 0 Å². The van der Waals surface area contributed by atoms with E-state index in [-0.39, 0.29) is 25.8 Å². The van der Waals surface area contributed by atoms with Crippen molar-refractivity contribution >= 4 is 13.8 Å². The second-order valence-corrected chi connectivity index (χ2v) is 18.1. The summed E-state index contributed by atoms with van der Waals surface area (Å²) in [6, 6.07) is 0. The highest BCUT2D eigenvalue weighted by Crippen LogP contribution is 2.38. The standard InChI is InChI=1S/C50H90NO7P/c1-6-8-10-12-14-16-18-20-22-23-24-25-26-27-28-30-32-34-36-38-40-42-45-55-47-49(48-57-59(53,54)56-46-44-51(3,4)5)58-50(52)43-41-39-37-35-33-31-29-21-19-17-15-13-11-9-7-2/h8,10,14-17,20-22,24-25,29,49H,6-7,9,11-13,18-19,23,26-28,30-48H2,1-5H3/b10-8-,16-14-,17-15-,22-20-,25-24-,29-21-. The Morgan fingerprint density at radius 2 is 0.983 bits per heavy atom. The SMILES string of the molecule is CC/C=C\C/C=C\C/C=C\C/C=C\CCCCCCCCCCCOCC(COP(=O)([O-])OCC[N+](C)(C)C)OC(=O)CCCCCCC/C=C\C/C=C\CCCCC. The Hall–Kier alpha value is -2.06. The monoisotopic (exact) mass is 848 g/mol. The van der Waals surface area contributed by atoms with Crippen LogP contribution in [0.3, 0.4) is 0 Å². The quantitative estimate of drug-likeness (QED) is 0.0198. The van der Waals surface area contributed by atoms with Gasteiger partial charge in [-0.2, -0.15) is 0 Å². The van der Waals surface area contributed by atoms with Crippen LogP contribution in [-0.2, 0) is 27.9 Å². The zero-order valence-electron chi connectivity index (χ0n) is 38.7. The average Bonchev–Trinajstić information content (AvgIpc) is 3.19. The van der Waals surface area contributed by atoms with Crippen LogP contribution in [0.5, 0.6) is 0 Å². The van der Waals surface area contributed by atoms with E-state index >= 15 is 0 Å². The van der Waals surface area contributed by atoms with Gasteiger partial charge in [-0.25, -0.2) is 0 Å². The highest BCUT2D eigenvalue weighted by molar-refractivity contribution is 7.45. The molecule has 0 spiro atoms. The molecule has 0 saturated carbocycles. The fourth-order valence-corrected chi connectivity index (χ4v) is 6.82. The smallest absolute Gasteiger partial charge is 0.306 e. The molecule has 0 amide bonds. The summed E-state index contributed by atoms with van der Waals surface area (Å²) in [5.74, 6) is -0.352. The van der Waals surface area contributed by atoms with Gasteiger partial charge >= 0.3 is 5.97 Å². The minimum atomic E-state index is -4.54. The number of carbonyl (C=O) groups is 1. The third kappa shape index (κ3) is 46.9. The number of likely N-dealkylation sites (N-methyl/N-ethyl adjacent to an activating group) is 1. The minimum absolute atomic E-state index is 0.0186. The number of hydrogen-bond acceptors (Lipinski definition) is 7. The summed E-state index contributed by atoms with van der Waals surface area (Å²) < 4.78 is 34.6. The summed E-state index contributed by atoms with van der Waals surface area (Å²) in [6.07, 6.45) is 54.9. The first-order valence-electron chi connectivity index (χ1n) is 23.7. The molecule has 0 aromatic carbocycles. The number of rotatable bonds is 43. The lowest BCUT2D eigenvalue weighted by molar-refractivity contribution is -0.870. The fraction of sp³-hybridized carbons (Fsp3) is 0.740. The van der Waals surface area contributed by atoms with E-state index in [0.717, 1.165) is 83.5 Å². The molecule has 2 unspecified atom stereocenters. The van der Waals surface area contributed by atoms with E-state index in [1.807, 2.05) is 21.1 Å². The van der Waals surface area contributed by atoms with Crippen LogP contribution in [0, 0.1) is 0 Å². The van der Waals surface area contributed by atoms with Gasteiger partial charge in [-0.15, -0.1) is 0 Å². The second-order valence-electron chi connectivity index (χ2n) is 16.7. The molecule has 0 saturated heterocycles. The summed E-state index contributed by atoms with van der Waals surface area (Å²) in [7, 11) is 1.33. The molecule has 0 aliphatic carbocycles. The van der Waals surface area contributed by atoms with E-state index in [1.165, 1.54) is 77.0 Å². The molecule has 0 aromatic rings. The fourth-order valence-electron chi connectivity index (χ4n) is 6.10. The first-order chi connectivity index (χ1) is 28.6. The van der Waals surface area contributed by atoms with Crippen molar-refractivity contribution in [3.63, 3.8) is 0 Å². The summed E-state index contributed by atoms with van der Waals surface area (Å²) in [6.45, 7) is 5.23. The predicted octanol–water partition coefficient (Wildman–Crippen LogP) is 13.6. The number of carbonyl (C=O) groups excluding carboxylic acids is 1. The first-order valence-corrected chi connectivity index (χ1v) is 25.1. The maximum absolute atomic E-state index is 12.7. The molecule has 0 rings (SSSR count). The van der Waals surface area contributed by atoms with Crippen molar-refractivity contribution in [3.8, 4) is 0 Å². The summed E-state index contributed by atoms with van der Waals surface area (Å²) >= 11 is 0. The molecule has 8 nitrogen and oxygen atoms in total. The topological polar surface area (TPSA) is 94.1 Å². The highest BCUT2D eigenvalue weighted by Gasteiger charge is 2.20.